The molecule has 4 N–H and O–H groups in total. The van der Waals surface area contributed by atoms with Crippen molar-refractivity contribution in [3.63, 3.8) is 0 Å². The van der Waals surface area contributed by atoms with Gasteiger partial charge in [-0.1, -0.05) is 101 Å². The van der Waals surface area contributed by atoms with Crippen molar-refractivity contribution >= 4 is 46.3 Å². The number of hydrogen-bond acceptors (Lipinski definition) is 7. The lowest BCUT2D eigenvalue weighted by Gasteiger charge is -2.42. The maximum atomic E-state index is 14.5. The largest absolute Gasteiger partial charge is 0.361 e. The first-order valence-electron chi connectivity index (χ1n) is 21.3. The van der Waals surface area contributed by atoms with E-state index >= 15 is 0 Å². The molecular weight excluding hydrogens is 749 g/mol. The van der Waals surface area contributed by atoms with Crippen LogP contribution in [0.15, 0.2) is 30.5 Å². The monoisotopic (exact) mass is 825 g/mol. The molecule has 0 unspecified atom stereocenters. The molecule has 0 bridgehead atoms. The molecule has 0 aliphatic heterocycles. The number of H-pyrrole nitrogens is 1. The number of carbonyl (C=O) groups excluding carboxylic acids is 6. The summed E-state index contributed by atoms with van der Waals surface area (Å²) in [6, 6.07) is 2.91. The summed E-state index contributed by atoms with van der Waals surface area (Å²) in [5.74, 6) is -3.81. The predicted octanol–water partition coefficient (Wildman–Crippen LogP) is 4.14. The number of carbonyl (C=O) groups is 6. The number of amides is 6. The minimum absolute atomic E-state index is 0.0116. The molecule has 1 aromatic carbocycles. The van der Waals surface area contributed by atoms with Gasteiger partial charge in [0, 0.05) is 51.8 Å². The van der Waals surface area contributed by atoms with E-state index in [1.165, 1.54) is 19.6 Å². The lowest BCUT2D eigenvalue weighted by molar-refractivity contribution is -0.157. The van der Waals surface area contributed by atoms with Crippen molar-refractivity contribution in [1.29, 1.82) is 0 Å². The highest BCUT2D eigenvalue weighted by atomic mass is 16.2. The van der Waals surface area contributed by atoms with Crippen molar-refractivity contribution in [2.24, 2.45) is 35.5 Å². The summed E-state index contributed by atoms with van der Waals surface area (Å²) in [5.41, 5.74) is 2.10. The van der Waals surface area contributed by atoms with Crippen molar-refractivity contribution in [2.45, 2.75) is 126 Å². The zero-order valence-electron chi connectivity index (χ0n) is 39.0. The van der Waals surface area contributed by atoms with Gasteiger partial charge in [0.25, 0.3) is 0 Å². The fraction of sp³-hybridized carbons (Fsp3) is 0.689. The average molecular weight is 825 g/mol. The van der Waals surface area contributed by atoms with Crippen LogP contribution in [0.5, 0.6) is 0 Å². The highest BCUT2D eigenvalue weighted by Crippen LogP contribution is 2.24. The maximum Gasteiger partial charge on any atom is 0.246 e. The second-order valence-corrected chi connectivity index (χ2v) is 18.2. The fourth-order valence-electron chi connectivity index (χ4n) is 8.30. The summed E-state index contributed by atoms with van der Waals surface area (Å²) in [6.45, 7) is 22.7. The number of para-hydroxylation sites is 1. The standard InChI is InChI=1S/C45H76N8O6/c1-25(2)34(40(54)47-23-22-31-24-48-33-21-19-18-20-32(31)33)49-41(55)36(27(5)6)50(14)43(57)38(29(9)10)52(16)45(59)39(30(11)12)53(17)44(58)37(28(7)8)51(15)42(56)35(46-13)26(3)4/h18-21,24-30,34-39,46,48H,22-23H2,1-17H3,(H,47,54)(H,49,55)/t34-,35-,36-,37-,38-,39-/m0/s1. The Morgan fingerprint density at radius 3 is 1.36 bits per heavy atom. The van der Waals surface area contributed by atoms with Crippen LogP contribution in [0.3, 0.4) is 0 Å². The summed E-state index contributed by atoms with van der Waals surface area (Å²) in [7, 11) is 8.02. The van der Waals surface area contributed by atoms with Crippen LogP contribution in [0.4, 0.5) is 0 Å². The summed E-state index contributed by atoms with van der Waals surface area (Å²) >= 11 is 0. The fourth-order valence-corrected chi connectivity index (χ4v) is 8.30. The Balaban J connectivity index is 2.31. The number of nitrogens with one attached hydrogen (secondary N) is 4. The van der Waals surface area contributed by atoms with E-state index in [0.29, 0.717) is 13.0 Å². The molecule has 0 saturated heterocycles. The number of benzene rings is 1. The molecule has 59 heavy (non-hydrogen) atoms. The first kappa shape index (κ1) is 50.7. The second kappa shape index (κ2) is 22.2. The number of aromatic amines is 1. The van der Waals surface area contributed by atoms with E-state index in [1.54, 1.807) is 35.2 Å². The van der Waals surface area contributed by atoms with Crippen LogP contribution >= 0.6 is 0 Å². The Hall–Kier alpha value is -4.46. The lowest BCUT2D eigenvalue weighted by atomic mass is 9.93. The number of rotatable bonds is 21. The first-order chi connectivity index (χ1) is 27.4. The van der Waals surface area contributed by atoms with Crippen molar-refractivity contribution in [2.75, 3.05) is 41.8 Å². The summed E-state index contributed by atoms with van der Waals surface area (Å²) < 4.78 is 0. The van der Waals surface area contributed by atoms with E-state index in [0.717, 1.165) is 16.5 Å². The van der Waals surface area contributed by atoms with Crippen molar-refractivity contribution in [3.05, 3.63) is 36.0 Å². The molecule has 0 aliphatic rings. The van der Waals surface area contributed by atoms with Gasteiger partial charge in [0.05, 0.1) is 6.04 Å². The van der Waals surface area contributed by atoms with E-state index in [4.69, 9.17) is 0 Å². The molecule has 1 heterocycles. The number of aromatic nitrogens is 1. The Bertz CT molecular complexity index is 1740. The smallest absolute Gasteiger partial charge is 0.246 e. The first-order valence-corrected chi connectivity index (χ1v) is 21.3. The van der Waals surface area contributed by atoms with Gasteiger partial charge in [0.2, 0.25) is 35.4 Å². The van der Waals surface area contributed by atoms with Gasteiger partial charge in [-0.15, -0.1) is 0 Å². The third kappa shape index (κ3) is 12.3. The van der Waals surface area contributed by atoms with Crippen molar-refractivity contribution in [3.8, 4) is 0 Å². The molecule has 1 aromatic heterocycles. The third-order valence-corrected chi connectivity index (χ3v) is 11.5. The normalized spacial score (nSPS) is 15.0. The quantitative estimate of drug-likeness (QED) is 0.147. The summed E-state index contributed by atoms with van der Waals surface area (Å²) in [4.78, 5) is 93.4. The van der Waals surface area contributed by atoms with Crippen LogP contribution in [0.25, 0.3) is 10.9 Å². The third-order valence-electron chi connectivity index (χ3n) is 11.5. The van der Waals surface area contributed by atoms with Gasteiger partial charge in [-0.25, -0.2) is 0 Å². The van der Waals surface area contributed by atoms with Crippen LogP contribution < -0.4 is 16.0 Å². The van der Waals surface area contributed by atoms with Crippen LogP contribution in [-0.4, -0.2) is 138 Å². The minimum atomic E-state index is -0.979. The van der Waals surface area contributed by atoms with Gasteiger partial charge in [-0.05, 0) is 60.6 Å². The molecule has 0 radical (unpaired) electrons. The van der Waals surface area contributed by atoms with Crippen molar-refractivity contribution < 1.29 is 28.8 Å². The SMILES string of the molecule is CN[C@H](C(=O)N(C)[C@H](C(=O)N(C)[C@H](C(=O)N(C)[C@H](C(=O)N(C)[C@H](C(=O)N[C@H](C(=O)NCCc1c[nH]c2ccccc12)C(C)C)C(C)C)C(C)C)C(C)C)C(C)C)C(C)C. The molecule has 0 fully saturated rings. The Labute approximate surface area is 353 Å². The topological polar surface area (TPSA) is 167 Å². The zero-order valence-corrected chi connectivity index (χ0v) is 39.0. The summed E-state index contributed by atoms with van der Waals surface area (Å²) in [5, 5.41) is 10.1. The van der Waals surface area contributed by atoms with Gasteiger partial charge in [0.1, 0.15) is 30.2 Å². The highest BCUT2D eigenvalue weighted by molar-refractivity contribution is 5.97. The second-order valence-electron chi connectivity index (χ2n) is 18.2. The number of fused-ring (bicyclic) bond motifs is 1. The minimum Gasteiger partial charge on any atom is -0.361 e. The number of hydrogen-bond donors (Lipinski definition) is 4. The van der Waals surface area contributed by atoms with Gasteiger partial charge in [-0.2, -0.15) is 0 Å². The Morgan fingerprint density at radius 1 is 0.542 bits per heavy atom. The Morgan fingerprint density at radius 2 is 0.949 bits per heavy atom. The van der Waals surface area contributed by atoms with Gasteiger partial charge < -0.3 is 40.5 Å². The van der Waals surface area contributed by atoms with Crippen LogP contribution in [0.1, 0.15) is 88.6 Å². The molecule has 332 valence electrons. The van der Waals surface area contributed by atoms with Crippen LogP contribution in [-0.2, 0) is 35.2 Å². The van der Waals surface area contributed by atoms with E-state index in [1.807, 2.05) is 114 Å². The Kier molecular flexibility index (Phi) is 19.1. The molecule has 14 nitrogen and oxygen atoms in total. The molecular formula is C45H76N8O6. The molecule has 0 aliphatic carbocycles. The van der Waals surface area contributed by atoms with Crippen molar-refractivity contribution in [1.82, 2.24) is 40.5 Å². The van der Waals surface area contributed by atoms with E-state index in [-0.39, 0.29) is 53.2 Å². The molecule has 2 rings (SSSR count). The molecule has 14 heteroatoms. The molecule has 6 atom stereocenters. The van der Waals surface area contributed by atoms with E-state index < -0.39 is 54.0 Å². The number of nitrogens with zero attached hydrogens (tertiary/aromatic N) is 4. The average Bonchev–Trinajstić information content (AvgIpc) is 3.55. The van der Waals surface area contributed by atoms with Gasteiger partial charge >= 0.3 is 0 Å². The molecule has 2 aromatic rings. The molecule has 0 saturated carbocycles. The van der Waals surface area contributed by atoms with E-state index in [2.05, 4.69) is 20.9 Å². The van der Waals surface area contributed by atoms with Gasteiger partial charge in [-0.3, -0.25) is 28.8 Å². The van der Waals surface area contributed by atoms with Crippen LogP contribution in [0, 0.1) is 35.5 Å². The predicted molar refractivity (Wildman–Crippen MR) is 235 cm³/mol. The maximum absolute atomic E-state index is 14.5. The van der Waals surface area contributed by atoms with Crippen LogP contribution in [0.2, 0.25) is 0 Å². The lowest BCUT2D eigenvalue weighted by Crippen LogP contribution is -2.63. The molecule has 6 amide bonds. The highest BCUT2D eigenvalue weighted by Gasteiger charge is 2.44. The summed E-state index contributed by atoms with van der Waals surface area (Å²) in [6.07, 6.45) is 2.55. The number of likely N-dealkylation sites (N-methyl/N-ethyl adjacent to an activating group) is 5. The molecule has 0 spiro atoms. The van der Waals surface area contributed by atoms with E-state index in [9.17, 15) is 28.8 Å². The van der Waals surface area contributed by atoms with Gasteiger partial charge in [0.15, 0.2) is 0 Å². The zero-order chi connectivity index (χ0) is 45.2.